The van der Waals surface area contributed by atoms with Crippen LogP contribution in [0.3, 0.4) is 0 Å². The lowest BCUT2D eigenvalue weighted by atomic mass is 9.81. The summed E-state index contributed by atoms with van der Waals surface area (Å²) in [5, 5.41) is 0. The van der Waals surface area contributed by atoms with Crippen molar-refractivity contribution >= 4 is 5.97 Å². The molecule has 0 aromatic heterocycles. The van der Waals surface area contributed by atoms with Gasteiger partial charge < -0.3 is 14.2 Å². The fourth-order valence-corrected chi connectivity index (χ4v) is 2.81. The molecule has 1 saturated carbocycles. The van der Waals surface area contributed by atoms with E-state index in [1.54, 1.807) is 38.5 Å². The Hall–Kier alpha value is -1.55. The maximum absolute atomic E-state index is 12.2. The molecule has 0 aliphatic heterocycles. The Morgan fingerprint density at radius 3 is 2.24 bits per heavy atom. The zero-order valence-corrected chi connectivity index (χ0v) is 12.8. The number of carbonyl (C=O) groups excluding carboxylic acids is 1. The van der Waals surface area contributed by atoms with Crippen molar-refractivity contribution in [2.75, 3.05) is 20.8 Å². The molecule has 0 heterocycles. The zero-order chi connectivity index (χ0) is 15.1. The Labute approximate surface area is 126 Å². The molecule has 2 rings (SSSR count). The summed E-state index contributed by atoms with van der Waals surface area (Å²) in [7, 11) is 3.35. The molecule has 0 atom stereocenters. The minimum absolute atomic E-state index is 0.0332. The van der Waals surface area contributed by atoms with Gasteiger partial charge in [0, 0.05) is 13.7 Å². The number of methoxy groups -OCH3 is 2. The Kier molecular flexibility index (Phi) is 6.05. The van der Waals surface area contributed by atoms with Gasteiger partial charge in [0.1, 0.15) is 11.5 Å². The largest absolute Gasteiger partial charge is 0.497 e. The topological polar surface area (TPSA) is 44.8 Å². The molecule has 0 radical (unpaired) electrons. The average molecular weight is 292 g/mol. The van der Waals surface area contributed by atoms with Crippen molar-refractivity contribution in [2.45, 2.75) is 32.1 Å². The van der Waals surface area contributed by atoms with E-state index in [0.29, 0.717) is 11.7 Å². The molecule has 0 N–H and O–H groups in total. The van der Waals surface area contributed by atoms with Crippen LogP contribution in [0.2, 0.25) is 0 Å². The highest BCUT2D eigenvalue weighted by atomic mass is 16.5. The average Bonchev–Trinajstić information content (AvgIpc) is 2.54. The lowest BCUT2D eigenvalue weighted by molar-refractivity contribution is -0.140. The van der Waals surface area contributed by atoms with E-state index in [1.165, 1.54) is 0 Å². The first-order valence-electron chi connectivity index (χ1n) is 7.57. The third-order valence-corrected chi connectivity index (χ3v) is 4.19. The molecule has 0 bridgehead atoms. The first-order valence-corrected chi connectivity index (χ1v) is 7.57. The van der Waals surface area contributed by atoms with E-state index in [9.17, 15) is 4.79 Å². The summed E-state index contributed by atoms with van der Waals surface area (Å²) < 4.78 is 15.6. The summed E-state index contributed by atoms with van der Waals surface area (Å²) in [6.45, 7) is 0.811. The molecule has 1 aliphatic rings. The van der Waals surface area contributed by atoms with Gasteiger partial charge >= 0.3 is 5.97 Å². The van der Waals surface area contributed by atoms with Gasteiger partial charge in [-0.15, -0.1) is 0 Å². The van der Waals surface area contributed by atoms with Crippen molar-refractivity contribution in [3.8, 4) is 11.5 Å². The third-order valence-electron chi connectivity index (χ3n) is 4.19. The van der Waals surface area contributed by atoms with Crippen molar-refractivity contribution < 1.29 is 19.0 Å². The van der Waals surface area contributed by atoms with Crippen LogP contribution in [-0.4, -0.2) is 26.8 Å². The van der Waals surface area contributed by atoms with Gasteiger partial charge in [-0.2, -0.15) is 0 Å². The summed E-state index contributed by atoms with van der Waals surface area (Å²) in [6, 6.07) is 7.12. The molecule has 4 heteroatoms. The van der Waals surface area contributed by atoms with Gasteiger partial charge in [-0.25, -0.2) is 0 Å². The van der Waals surface area contributed by atoms with Gasteiger partial charge in [0.05, 0.1) is 13.0 Å². The Balaban J connectivity index is 1.78. The number of hydrogen-bond acceptors (Lipinski definition) is 4. The third kappa shape index (κ3) is 4.74. The maximum atomic E-state index is 12.2. The van der Waals surface area contributed by atoms with Crippen LogP contribution < -0.4 is 9.47 Å². The lowest BCUT2D eigenvalue weighted by Gasteiger charge is -2.26. The van der Waals surface area contributed by atoms with Crippen LogP contribution in [0.15, 0.2) is 24.3 Å². The summed E-state index contributed by atoms with van der Waals surface area (Å²) >= 11 is 0. The second-order valence-corrected chi connectivity index (χ2v) is 5.60. The monoisotopic (exact) mass is 292 g/mol. The van der Waals surface area contributed by atoms with E-state index in [-0.39, 0.29) is 11.9 Å². The zero-order valence-electron chi connectivity index (χ0n) is 12.8. The molecule has 1 aliphatic carbocycles. The molecule has 0 saturated heterocycles. The van der Waals surface area contributed by atoms with Gasteiger partial charge in [-0.05, 0) is 62.3 Å². The van der Waals surface area contributed by atoms with Crippen LogP contribution in [-0.2, 0) is 9.53 Å². The normalized spacial score (nSPS) is 21.8. The Bertz CT molecular complexity index is 433. The van der Waals surface area contributed by atoms with E-state index in [0.717, 1.165) is 44.5 Å². The van der Waals surface area contributed by atoms with E-state index in [4.69, 9.17) is 14.2 Å². The highest BCUT2D eigenvalue weighted by molar-refractivity contribution is 5.75. The van der Waals surface area contributed by atoms with Crippen molar-refractivity contribution in [2.24, 2.45) is 11.8 Å². The molecule has 116 valence electrons. The smallest absolute Gasteiger partial charge is 0.314 e. The molecule has 0 spiro atoms. The van der Waals surface area contributed by atoms with Crippen molar-refractivity contribution in [3.63, 3.8) is 0 Å². The highest BCUT2D eigenvalue weighted by Gasteiger charge is 2.27. The van der Waals surface area contributed by atoms with Gasteiger partial charge in [-0.1, -0.05) is 0 Å². The number of esters is 1. The molecule has 1 aromatic rings. The summed E-state index contributed by atoms with van der Waals surface area (Å²) in [5.74, 6) is 1.96. The molecule has 0 amide bonds. The Morgan fingerprint density at radius 2 is 1.67 bits per heavy atom. The van der Waals surface area contributed by atoms with Crippen LogP contribution in [0.25, 0.3) is 0 Å². The summed E-state index contributed by atoms with van der Waals surface area (Å²) in [4.78, 5) is 12.2. The minimum Gasteiger partial charge on any atom is -0.497 e. The quantitative estimate of drug-likeness (QED) is 0.595. The van der Waals surface area contributed by atoms with E-state index < -0.39 is 0 Å². The van der Waals surface area contributed by atoms with Gasteiger partial charge in [0.2, 0.25) is 0 Å². The number of carbonyl (C=O) groups is 1. The number of ether oxygens (including phenoxy) is 3. The fraction of sp³-hybridized carbons (Fsp3) is 0.588. The van der Waals surface area contributed by atoms with Crippen LogP contribution in [0.1, 0.15) is 32.1 Å². The second kappa shape index (κ2) is 8.03. The van der Waals surface area contributed by atoms with Crippen molar-refractivity contribution in [1.29, 1.82) is 0 Å². The van der Waals surface area contributed by atoms with Crippen LogP contribution >= 0.6 is 0 Å². The van der Waals surface area contributed by atoms with Gasteiger partial charge in [-0.3, -0.25) is 4.79 Å². The molecule has 1 fully saturated rings. The molecule has 1 aromatic carbocycles. The maximum Gasteiger partial charge on any atom is 0.314 e. The van der Waals surface area contributed by atoms with Crippen LogP contribution in [0.5, 0.6) is 11.5 Å². The van der Waals surface area contributed by atoms with Crippen LogP contribution in [0.4, 0.5) is 0 Å². The van der Waals surface area contributed by atoms with Crippen molar-refractivity contribution in [3.05, 3.63) is 24.3 Å². The van der Waals surface area contributed by atoms with Gasteiger partial charge in [0.25, 0.3) is 0 Å². The van der Waals surface area contributed by atoms with Crippen LogP contribution in [0, 0.1) is 11.8 Å². The first kappa shape index (κ1) is 15.8. The summed E-state index contributed by atoms with van der Waals surface area (Å²) in [6.07, 6.45) is 5.11. The SMILES string of the molecule is COCCC1CCC(C(=O)Oc2ccc(OC)cc2)CC1. The molecular weight excluding hydrogens is 268 g/mol. The Morgan fingerprint density at radius 1 is 1.05 bits per heavy atom. The number of benzene rings is 1. The number of hydrogen-bond donors (Lipinski definition) is 0. The second-order valence-electron chi connectivity index (χ2n) is 5.60. The standard InChI is InChI=1S/C17H24O4/c1-19-12-11-13-3-5-14(6-4-13)17(18)21-16-9-7-15(20-2)8-10-16/h7-10,13-14H,3-6,11-12H2,1-2H3. The minimum atomic E-state index is -0.106. The highest BCUT2D eigenvalue weighted by Crippen LogP contribution is 2.32. The molecule has 21 heavy (non-hydrogen) atoms. The van der Waals surface area contributed by atoms with E-state index in [2.05, 4.69) is 0 Å². The van der Waals surface area contributed by atoms with Crippen molar-refractivity contribution in [1.82, 2.24) is 0 Å². The molecule has 4 nitrogen and oxygen atoms in total. The molecule has 0 unspecified atom stereocenters. The van der Waals surface area contributed by atoms with E-state index in [1.807, 2.05) is 0 Å². The number of rotatable bonds is 6. The lowest BCUT2D eigenvalue weighted by Crippen LogP contribution is -2.26. The fourth-order valence-electron chi connectivity index (χ4n) is 2.81. The molecular formula is C17H24O4. The first-order chi connectivity index (χ1) is 10.2. The van der Waals surface area contributed by atoms with Gasteiger partial charge in [0.15, 0.2) is 0 Å². The predicted molar refractivity (Wildman–Crippen MR) is 80.6 cm³/mol. The van der Waals surface area contributed by atoms with E-state index >= 15 is 0 Å². The predicted octanol–water partition coefficient (Wildman–Crippen LogP) is 3.44. The summed E-state index contributed by atoms with van der Waals surface area (Å²) in [5.41, 5.74) is 0.